The lowest BCUT2D eigenvalue weighted by Gasteiger charge is -2.10. The van der Waals surface area contributed by atoms with E-state index < -0.39 is 24.1 Å². The van der Waals surface area contributed by atoms with Gasteiger partial charge in [0.15, 0.2) is 5.75 Å². The Morgan fingerprint density at radius 3 is 2.60 bits per heavy atom. The van der Waals surface area contributed by atoms with E-state index in [1.165, 1.54) is 6.20 Å². The van der Waals surface area contributed by atoms with Gasteiger partial charge in [-0.1, -0.05) is 13.8 Å². The van der Waals surface area contributed by atoms with Gasteiger partial charge in [-0.3, -0.25) is 9.59 Å². The summed E-state index contributed by atoms with van der Waals surface area (Å²) in [6, 6.07) is 1.09. The van der Waals surface area contributed by atoms with Crippen LogP contribution >= 0.6 is 0 Å². The predicted octanol–water partition coefficient (Wildman–Crippen LogP) is 1.59. The van der Waals surface area contributed by atoms with Crippen molar-refractivity contribution in [2.75, 3.05) is 6.61 Å². The second kappa shape index (κ2) is 6.44. The Kier molecular flexibility index (Phi) is 5.18. The van der Waals surface area contributed by atoms with Gasteiger partial charge in [0.05, 0.1) is 13.2 Å². The second-order valence-corrected chi connectivity index (χ2v) is 4.57. The number of alkyl halides is 3. The van der Waals surface area contributed by atoms with Crippen LogP contribution in [-0.4, -0.2) is 23.7 Å². The molecular weight excluding hydrogens is 277 g/mol. The van der Waals surface area contributed by atoms with E-state index in [1.54, 1.807) is 5.32 Å². The van der Waals surface area contributed by atoms with Crippen LogP contribution in [0.5, 0.6) is 5.75 Å². The van der Waals surface area contributed by atoms with Gasteiger partial charge in [0.2, 0.25) is 5.43 Å². The average molecular weight is 292 g/mol. The van der Waals surface area contributed by atoms with Crippen LogP contribution in [0.2, 0.25) is 0 Å². The van der Waals surface area contributed by atoms with E-state index in [-0.39, 0.29) is 17.4 Å². The lowest BCUT2D eigenvalue weighted by molar-refractivity contribution is -0.173. The largest absolute Gasteiger partial charge is 0.488 e. The molecule has 0 aliphatic heterocycles. The number of aromatic amines is 1. The Morgan fingerprint density at radius 2 is 2.10 bits per heavy atom. The summed E-state index contributed by atoms with van der Waals surface area (Å²) in [4.78, 5) is 24.8. The van der Waals surface area contributed by atoms with Gasteiger partial charge in [0, 0.05) is 18.0 Å². The number of ether oxygens (including phenoxy) is 1. The number of amides is 1. The molecule has 1 aromatic heterocycles. The summed E-state index contributed by atoms with van der Waals surface area (Å²) in [5, 5.41) is 1.66. The Morgan fingerprint density at radius 1 is 1.45 bits per heavy atom. The smallest absolute Gasteiger partial charge is 0.471 e. The van der Waals surface area contributed by atoms with Crippen LogP contribution in [0, 0.1) is 5.92 Å². The molecule has 1 rings (SSSR count). The molecular formula is C12H15F3N2O3. The van der Waals surface area contributed by atoms with E-state index in [9.17, 15) is 22.8 Å². The number of aromatic nitrogens is 1. The Hall–Kier alpha value is -1.99. The van der Waals surface area contributed by atoms with Gasteiger partial charge in [-0.25, -0.2) is 0 Å². The number of carbonyl (C=O) groups is 1. The fraction of sp³-hybridized carbons (Fsp3) is 0.500. The number of rotatable bonds is 5. The molecule has 0 spiro atoms. The zero-order valence-electron chi connectivity index (χ0n) is 11.0. The number of nitrogens with one attached hydrogen (secondary N) is 2. The first-order valence-corrected chi connectivity index (χ1v) is 5.89. The Bertz CT molecular complexity index is 523. The number of carbonyl (C=O) groups excluding carboxylic acids is 1. The highest BCUT2D eigenvalue weighted by atomic mass is 19.4. The molecule has 0 aliphatic carbocycles. The third kappa shape index (κ3) is 4.94. The molecule has 0 saturated heterocycles. The van der Waals surface area contributed by atoms with Gasteiger partial charge in [-0.2, -0.15) is 13.2 Å². The zero-order valence-corrected chi connectivity index (χ0v) is 11.0. The molecule has 0 saturated carbocycles. The first-order valence-electron chi connectivity index (χ1n) is 5.89. The van der Waals surface area contributed by atoms with Gasteiger partial charge in [-0.05, 0) is 5.92 Å². The maximum absolute atomic E-state index is 12.0. The second-order valence-electron chi connectivity index (χ2n) is 4.57. The number of hydrogen-bond donors (Lipinski definition) is 2. The highest BCUT2D eigenvalue weighted by Crippen LogP contribution is 2.14. The van der Waals surface area contributed by atoms with Crippen molar-refractivity contribution in [2.24, 2.45) is 5.92 Å². The van der Waals surface area contributed by atoms with E-state index in [4.69, 9.17) is 4.74 Å². The third-order valence-corrected chi connectivity index (χ3v) is 2.21. The molecule has 0 aromatic carbocycles. The van der Waals surface area contributed by atoms with Crippen LogP contribution in [0.15, 0.2) is 17.1 Å². The van der Waals surface area contributed by atoms with Gasteiger partial charge in [0.1, 0.15) is 0 Å². The quantitative estimate of drug-likeness (QED) is 0.865. The van der Waals surface area contributed by atoms with Crippen molar-refractivity contribution in [1.29, 1.82) is 0 Å². The number of hydrogen-bond acceptors (Lipinski definition) is 3. The maximum Gasteiger partial charge on any atom is 0.471 e. The van der Waals surface area contributed by atoms with E-state index in [0.29, 0.717) is 6.61 Å². The summed E-state index contributed by atoms with van der Waals surface area (Å²) in [5.74, 6) is -1.73. The highest BCUT2D eigenvalue weighted by molar-refractivity contribution is 5.81. The summed E-state index contributed by atoms with van der Waals surface area (Å²) in [7, 11) is 0. The van der Waals surface area contributed by atoms with Crippen molar-refractivity contribution in [3.05, 3.63) is 28.2 Å². The van der Waals surface area contributed by atoms with E-state index in [1.807, 2.05) is 13.8 Å². The van der Waals surface area contributed by atoms with E-state index in [2.05, 4.69) is 4.98 Å². The minimum absolute atomic E-state index is 0.0876. The van der Waals surface area contributed by atoms with Crippen LogP contribution in [-0.2, 0) is 11.3 Å². The Balaban J connectivity index is 2.64. The van der Waals surface area contributed by atoms with Crippen LogP contribution < -0.4 is 15.5 Å². The van der Waals surface area contributed by atoms with Crippen molar-refractivity contribution in [2.45, 2.75) is 26.6 Å². The maximum atomic E-state index is 12.0. The van der Waals surface area contributed by atoms with Crippen LogP contribution in [0.25, 0.3) is 0 Å². The molecule has 0 fully saturated rings. The first kappa shape index (κ1) is 16.1. The summed E-state index contributed by atoms with van der Waals surface area (Å²) in [6.45, 7) is 3.76. The molecule has 20 heavy (non-hydrogen) atoms. The third-order valence-electron chi connectivity index (χ3n) is 2.21. The summed E-state index contributed by atoms with van der Waals surface area (Å²) in [6.07, 6.45) is -3.68. The lowest BCUT2D eigenvalue weighted by atomic mass is 10.2. The van der Waals surface area contributed by atoms with Crippen molar-refractivity contribution >= 4 is 5.91 Å². The van der Waals surface area contributed by atoms with E-state index in [0.717, 1.165) is 6.07 Å². The topological polar surface area (TPSA) is 71.2 Å². The van der Waals surface area contributed by atoms with Crippen LogP contribution in [0.3, 0.4) is 0 Å². The fourth-order valence-electron chi connectivity index (χ4n) is 1.25. The fourth-order valence-corrected chi connectivity index (χ4v) is 1.25. The average Bonchev–Trinajstić information content (AvgIpc) is 2.33. The van der Waals surface area contributed by atoms with Crippen molar-refractivity contribution < 1.29 is 22.7 Å². The standard InChI is InChI=1S/C12H15F3N2O3/c1-7(2)6-20-10-5-16-8(3-9(10)18)4-17-11(19)12(13,14)15/h3,5,7H,4,6H2,1-2H3,(H,16,18)(H,17,19). The minimum atomic E-state index is -4.94. The molecule has 0 bridgehead atoms. The molecule has 1 heterocycles. The molecule has 1 aromatic rings. The Labute approximate surface area is 113 Å². The lowest BCUT2D eigenvalue weighted by Crippen LogP contribution is -2.36. The highest BCUT2D eigenvalue weighted by Gasteiger charge is 2.38. The van der Waals surface area contributed by atoms with Crippen molar-refractivity contribution in [1.82, 2.24) is 10.3 Å². The normalized spacial score (nSPS) is 11.5. The summed E-state index contributed by atoms with van der Waals surface area (Å²) in [5.41, 5.74) is -0.301. The number of H-pyrrole nitrogens is 1. The monoisotopic (exact) mass is 292 g/mol. The predicted molar refractivity (Wildman–Crippen MR) is 65.3 cm³/mol. The molecule has 112 valence electrons. The van der Waals surface area contributed by atoms with Crippen molar-refractivity contribution in [3.63, 3.8) is 0 Å². The van der Waals surface area contributed by atoms with Crippen molar-refractivity contribution in [3.8, 4) is 5.75 Å². The van der Waals surface area contributed by atoms with Gasteiger partial charge >= 0.3 is 12.1 Å². The number of pyridine rings is 1. The first-order chi connectivity index (χ1) is 9.20. The zero-order chi connectivity index (χ0) is 15.3. The molecule has 0 atom stereocenters. The molecule has 0 unspecified atom stereocenters. The molecule has 1 amide bonds. The summed E-state index contributed by atoms with van der Waals surface area (Å²) >= 11 is 0. The van der Waals surface area contributed by atoms with Crippen LogP contribution in [0.4, 0.5) is 13.2 Å². The molecule has 0 radical (unpaired) electrons. The minimum Gasteiger partial charge on any atom is -0.488 e. The summed E-state index contributed by atoms with van der Waals surface area (Å²) < 4.78 is 41.1. The number of halogens is 3. The van der Waals surface area contributed by atoms with E-state index >= 15 is 0 Å². The van der Waals surface area contributed by atoms with Crippen LogP contribution in [0.1, 0.15) is 19.5 Å². The molecule has 2 N–H and O–H groups in total. The molecule has 0 aliphatic rings. The van der Waals surface area contributed by atoms with Gasteiger partial charge in [-0.15, -0.1) is 0 Å². The SMILES string of the molecule is CC(C)COc1c[nH]c(CNC(=O)C(F)(F)F)cc1=O. The molecule has 5 nitrogen and oxygen atoms in total. The molecule has 8 heteroatoms. The van der Waals surface area contributed by atoms with Gasteiger partial charge in [0.25, 0.3) is 0 Å². The van der Waals surface area contributed by atoms with Gasteiger partial charge < -0.3 is 15.0 Å².